The summed E-state index contributed by atoms with van der Waals surface area (Å²) in [6.45, 7) is 6.81. The molecule has 15 nitrogen and oxygen atoms in total. The highest BCUT2D eigenvalue weighted by Gasteiger charge is 2.10. The Morgan fingerprint density at radius 2 is 0.737 bits per heavy atom. The summed E-state index contributed by atoms with van der Waals surface area (Å²) in [5, 5.41) is 9.57. The number of likely N-dealkylation sites (N-methyl/N-ethyl adjacent to an activating group) is 2. The number of hydrogen-bond acceptors (Lipinski definition) is 11. The SMILES string of the molecule is CCN.CCNC(=O)COc1ccc(NC(=O)c2ccc(OCC(=O)NCC)cc2)cc1.O=C(Cl)COc1ccc(NC(=O)c2ccc(OCC(=O)Cl)cc2)cc1. The minimum absolute atomic E-state index is 0.0614. The van der Waals surface area contributed by atoms with Crippen molar-refractivity contribution in [3.05, 3.63) is 108 Å². The molecule has 4 amide bonds. The normalized spacial score (nSPS) is 9.79. The van der Waals surface area contributed by atoms with Crippen LogP contribution in [0.1, 0.15) is 41.5 Å². The Kier molecular flexibility index (Phi) is 21.9. The number of halogens is 2. The predicted octanol–water partition coefficient (Wildman–Crippen LogP) is 5.16. The van der Waals surface area contributed by atoms with Gasteiger partial charge in [0, 0.05) is 35.6 Å². The van der Waals surface area contributed by atoms with Crippen molar-refractivity contribution in [3.63, 3.8) is 0 Å². The average Bonchev–Trinajstić information content (AvgIpc) is 3.20. The molecule has 0 unspecified atom stereocenters. The first-order valence-electron chi connectivity index (χ1n) is 17.5. The molecule has 0 radical (unpaired) electrons. The van der Waals surface area contributed by atoms with Crippen molar-refractivity contribution in [1.29, 1.82) is 0 Å². The van der Waals surface area contributed by atoms with Gasteiger partial charge < -0.3 is 45.9 Å². The monoisotopic (exact) mass is 825 g/mol. The highest BCUT2D eigenvalue weighted by atomic mass is 35.5. The highest BCUT2D eigenvalue weighted by Crippen LogP contribution is 2.19. The van der Waals surface area contributed by atoms with Crippen LogP contribution >= 0.6 is 23.2 Å². The molecule has 0 bridgehead atoms. The fourth-order valence-electron chi connectivity index (χ4n) is 4.15. The molecule has 0 fully saturated rings. The van der Waals surface area contributed by atoms with E-state index in [1.807, 2.05) is 20.8 Å². The number of amides is 4. The maximum atomic E-state index is 12.3. The lowest BCUT2D eigenvalue weighted by Gasteiger charge is -2.09. The average molecular weight is 827 g/mol. The minimum Gasteiger partial charge on any atom is -0.484 e. The van der Waals surface area contributed by atoms with Crippen molar-refractivity contribution in [2.75, 3.05) is 56.7 Å². The second-order valence-corrected chi connectivity index (χ2v) is 12.0. The van der Waals surface area contributed by atoms with E-state index in [1.54, 1.807) is 97.1 Å². The lowest BCUT2D eigenvalue weighted by atomic mass is 10.2. The van der Waals surface area contributed by atoms with Gasteiger partial charge >= 0.3 is 0 Å². The Bertz CT molecular complexity index is 1880. The Hall–Kier alpha value is -6.16. The summed E-state index contributed by atoms with van der Waals surface area (Å²) in [7, 11) is 0. The second-order valence-electron chi connectivity index (χ2n) is 11.2. The van der Waals surface area contributed by atoms with E-state index in [1.165, 1.54) is 0 Å². The summed E-state index contributed by atoms with van der Waals surface area (Å²) in [6.07, 6.45) is 0. The van der Waals surface area contributed by atoms with Gasteiger partial charge in [0.05, 0.1) is 0 Å². The summed E-state index contributed by atoms with van der Waals surface area (Å²) in [4.78, 5) is 68.6. The van der Waals surface area contributed by atoms with Gasteiger partial charge in [0.25, 0.3) is 34.1 Å². The first kappa shape index (κ1) is 47.0. The molecule has 0 saturated carbocycles. The maximum Gasteiger partial charge on any atom is 0.259 e. The molecule has 6 N–H and O–H groups in total. The molecule has 4 aromatic carbocycles. The van der Waals surface area contributed by atoms with Crippen LogP contribution in [0, 0.1) is 0 Å². The van der Waals surface area contributed by atoms with E-state index in [0.717, 1.165) is 6.54 Å². The number of benzene rings is 4. The van der Waals surface area contributed by atoms with E-state index in [2.05, 4.69) is 21.3 Å². The van der Waals surface area contributed by atoms with Crippen molar-refractivity contribution < 1.29 is 47.7 Å². The molecule has 4 rings (SSSR count). The highest BCUT2D eigenvalue weighted by molar-refractivity contribution is 6.64. The molecule has 0 saturated heterocycles. The van der Waals surface area contributed by atoms with Gasteiger partial charge in [-0.1, -0.05) is 6.92 Å². The number of rotatable bonds is 18. The molecule has 0 aromatic heterocycles. The largest absolute Gasteiger partial charge is 0.484 e. The Labute approximate surface area is 340 Å². The van der Waals surface area contributed by atoms with Crippen molar-refractivity contribution in [3.8, 4) is 23.0 Å². The zero-order chi connectivity index (χ0) is 42.0. The molecular formula is C40H45Cl2N5O10. The summed E-state index contributed by atoms with van der Waals surface area (Å²) in [6, 6.07) is 26.0. The molecule has 304 valence electrons. The number of carbonyl (C=O) groups is 6. The maximum absolute atomic E-state index is 12.3. The van der Waals surface area contributed by atoms with Crippen LogP contribution in [0.2, 0.25) is 0 Å². The van der Waals surface area contributed by atoms with Crippen LogP contribution in [0.3, 0.4) is 0 Å². The fourth-order valence-corrected chi connectivity index (χ4v) is 4.26. The van der Waals surface area contributed by atoms with Crippen LogP contribution in [0.4, 0.5) is 11.4 Å². The molecule has 0 aliphatic carbocycles. The van der Waals surface area contributed by atoms with Gasteiger partial charge in [0.1, 0.15) is 23.0 Å². The minimum atomic E-state index is -0.607. The van der Waals surface area contributed by atoms with Gasteiger partial charge in [0.15, 0.2) is 26.4 Å². The van der Waals surface area contributed by atoms with E-state index in [0.29, 0.717) is 58.6 Å². The summed E-state index contributed by atoms with van der Waals surface area (Å²) >= 11 is 10.4. The van der Waals surface area contributed by atoms with Crippen LogP contribution in [-0.2, 0) is 19.2 Å². The third-order valence-electron chi connectivity index (χ3n) is 6.65. The number of nitrogens with two attached hydrogens (primary N) is 1. The lowest BCUT2D eigenvalue weighted by molar-refractivity contribution is -0.123. The van der Waals surface area contributed by atoms with Gasteiger partial charge in [-0.15, -0.1) is 0 Å². The second kappa shape index (κ2) is 26.6. The Balaban J connectivity index is 0.000000371. The summed E-state index contributed by atoms with van der Waals surface area (Å²) in [5.41, 5.74) is 6.86. The van der Waals surface area contributed by atoms with E-state index in [4.69, 9.17) is 47.9 Å². The van der Waals surface area contributed by atoms with E-state index < -0.39 is 10.5 Å². The molecule has 17 heteroatoms. The van der Waals surface area contributed by atoms with Gasteiger partial charge in [-0.05, 0) is 141 Å². The first-order valence-corrected chi connectivity index (χ1v) is 18.3. The van der Waals surface area contributed by atoms with Crippen LogP contribution in [0.25, 0.3) is 0 Å². The Morgan fingerprint density at radius 1 is 0.474 bits per heavy atom. The van der Waals surface area contributed by atoms with Gasteiger partial charge in [0.2, 0.25) is 0 Å². The van der Waals surface area contributed by atoms with Crippen molar-refractivity contribution in [2.24, 2.45) is 5.73 Å². The number of ether oxygens (including phenoxy) is 4. The smallest absolute Gasteiger partial charge is 0.259 e. The van der Waals surface area contributed by atoms with E-state index >= 15 is 0 Å². The zero-order valence-electron chi connectivity index (χ0n) is 31.6. The third kappa shape index (κ3) is 19.8. The number of carbonyl (C=O) groups excluding carboxylic acids is 6. The van der Waals surface area contributed by atoms with Gasteiger partial charge in [-0.2, -0.15) is 0 Å². The van der Waals surface area contributed by atoms with E-state index in [9.17, 15) is 28.8 Å². The molecule has 0 atom stereocenters. The number of anilines is 2. The van der Waals surface area contributed by atoms with Crippen LogP contribution in [0.15, 0.2) is 97.1 Å². The molecule has 0 heterocycles. The molecule has 57 heavy (non-hydrogen) atoms. The standard InChI is InChI=1S/C21H25N3O5.C17H13Cl2NO5.C2H7N/c1-3-22-19(25)13-28-17-9-5-15(6-10-17)21(27)24-16-7-11-18(12-8-16)29-14-20(26)23-4-2;18-15(21)9-24-13-5-1-11(2-6-13)17(23)20-12-3-7-14(8-4-12)25-10-16(19)22;1-2-3/h5-12H,3-4,13-14H2,1-2H3,(H,22,25)(H,23,26)(H,24,27);1-8H,9-10H2,(H,20,23);2-3H2,1H3. The zero-order valence-corrected chi connectivity index (χ0v) is 33.1. The third-order valence-corrected chi connectivity index (χ3v) is 6.87. The molecule has 0 spiro atoms. The van der Waals surface area contributed by atoms with Crippen molar-refractivity contribution in [1.82, 2.24) is 10.6 Å². The van der Waals surface area contributed by atoms with Gasteiger partial charge in [-0.25, -0.2) is 0 Å². The van der Waals surface area contributed by atoms with Crippen LogP contribution in [-0.4, -0.2) is 80.2 Å². The van der Waals surface area contributed by atoms with Crippen LogP contribution in [0.5, 0.6) is 23.0 Å². The van der Waals surface area contributed by atoms with Crippen molar-refractivity contribution in [2.45, 2.75) is 20.8 Å². The number of nitrogens with one attached hydrogen (secondary N) is 4. The summed E-state index contributed by atoms with van der Waals surface area (Å²) in [5.74, 6) is 0.935. The molecule has 4 aromatic rings. The molecule has 0 aliphatic heterocycles. The van der Waals surface area contributed by atoms with Gasteiger partial charge in [-0.3, -0.25) is 28.8 Å². The number of hydrogen-bond donors (Lipinski definition) is 5. The fraction of sp³-hybridized carbons (Fsp3) is 0.250. The molecular weight excluding hydrogens is 781 g/mol. The molecule has 0 aliphatic rings. The Morgan fingerprint density at radius 3 is 1.00 bits per heavy atom. The first-order chi connectivity index (χ1) is 27.4. The quantitative estimate of drug-likeness (QED) is 0.0827. The lowest BCUT2D eigenvalue weighted by Crippen LogP contribution is -2.28. The van der Waals surface area contributed by atoms with E-state index in [-0.39, 0.29) is 50.1 Å². The van der Waals surface area contributed by atoms with Crippen molar-refractivity contribution >= 4 is 68.7 Å². The topological polar surface area (TPSA) is 213 Å². The van der Waals surface area contributed by atoms with Crippen LogP contribution < -0.4 is 45.9 Å². The predicted molar refractivity (Wildman–Crippen MR) is 217 cm³/mol. The summed E-state index contributed by atoms with van der Waals surface area (Å²) < 4.78 is 21.0.